The summed E-state index contributed by atoms with van der Waals surface area (Å²) in [6.07, 6.45) is 22.7. The summed E-state index contributed by atoms with van der Waals surface area (Å²) in [4.78, 5) is 21.9. The van der Waals surface area contributed by atoms with Crippen LogP contribution in [0.15, 0.2) is 79.5 Å². The van der Waals surface area contributed by atoms with E-state index in [1.165, 1.54) is 12.2 Å². The molecular formula is C48H70FNO7. The zero-order chi connectivity index (χ0) is 41.0. The van der Waals surface area contributed by atoms with E-state index < -0.39 is 34.5 Å². The first-order chi connectivity index (χ1) is 27.5. The standard InChI is InChI=1S/C48H70FNO7/c1-8-15-33-20-25-40(47(57-53)31-55-39(10-3)24-26-41(33)47)32(6)43(51)28-35(45(52)50(7)37-18-13-17-36(49)21-22-37)29-44-48(12-5,56-44)46(11-4)27-14-16-34-19-23-38(9-2)54-30-42(34)46/h8,11-12,17-18,21-22,32-35,38-44,51,53H,1,4-5,9-10,14-16,19-20,23-31H2,2-3,6-7H3. The first kappa shape index (κ1) is 43.9. The lowest BCUT2D eigenvalue weighted by Crippen LogP contribution is -2.58. The Kier molecular flexibility index (Phi) is 14.5. The number of aliphatic hydroxyl groups excluding tert-OH is 1. The molecule has 6 rings (SSSR count). The van der Waals surface area contributed by atoms with Gasteiger partial charge in [0.1, 0.15) is 17.0 Å². The number of rotatable bonds is 16. The van der Waals surface area contributed by atoms with Crippen molar-refractivity contribution < 1.29 is 38.6 Å². The molecule has 6 aliphatic rings. The fourth-order valence-corrected chi connectivity index (χ4v) is 12.2. The van der Waals surface area contributed by atoms with Crippen LogP contribution in [0.3, 0.4) is 0 Å². The van der Waals surface area contributed by atoms with E-state index in [0.29, 0.717) is 24.6 Å². The Morgan fingerprint density at radius 3 is 2.49 bits per heavy atom. The predicted molar refractivity (Wildman–Crippen MR) is 221 cm³/mol. The van der Waals surface area contributed by atoms with E-state index in [9.17, 15) is 19.5 Å². The van der Waals surface area contributed by atoms with Crippen molar-refractivity contribution >= 4 is 5.91 Å². The Bertz CT molecular complexity index is 1590. The maximum atomic E-state index is 14.8. The minimum atomic E-state index is -0.992. The number of fused-ring (bicyclic) bond motifs is 2. The molecule has 1 amide bonds. The molecule has 3 heterocycles. The van der Waals surface area contributed by atoms with Crippen LogP contribution >= 0.6 is 0 Å². The highest BCUT2D eigenvalue weighted by Gasteiger charge is 2.69. The van der Waals surface area contributed by atoms with Gasteiger partial charge in [0.15, 0.2) is 0 Å². The lowest BCUT2D eigenvalue weighted by molar-refractivity contribution is -0.377. The van der Waals surface area contributed by atoms with Crippen LogP contribution in [0.4, 0.5) is 4.39 Å². The second-order valence-electron chi connectivity index (χ2n) is 18.2. The number of nitrogens with zero attached hydrogens (tertiary/aromatic N) is 1. The molecule has 0 spiro atoms. The molecule has 2 N–H and O–H groups in total. The molecule has 3 saturated heterocycles. The quantitative estimate of drug-likeness (QED) is 0.0528. The van der Waals surface area contributed by atoms with Crippen LogP contribution in [0.25, 0.3) is 0 Å². The minimum absolute atomic E-state index is 0.0348. The highest BCUT2D eigenvalue weighted by atomic mass is 19.1. The highest BCUT2D eigenvalue weighted by Crippen LogP contribution is 2.64. The maximum Gasteiger partial charge on any atom is 0.230 e. The van der Waals surface area contributed by atoms with Crippen LogP contribution in [0.2, 0.25) is 0 Å². The van der Waals surface area contributed by atoms with Crippen LogP contribution in [0.5, 0.6) is 0 Å². The Morgan fingerprint density at radius 2 is 1.79 bits per heavy atom. The lowest BCUT2D eigenvalue weighted by Gasteiger charge is -2.52. The fourth-order valence-electron chi connectivity index (χ4n) is 12.2. The zero-order valence-electron chi connectivity index (χ0n) is 35.1. The van der Waals surface area contributed by atoms with Gasteiger partial charge in [-0.3, -0.25) is 10.1 Å². The number of carbonyl (C=O) groups excluding carboxylic acids is 1. The van der Waals surface area contributed by atoms with Gasteiger partial charge in [0.2, 0.25) is 5.91 Å². The summed E-state index contributed by atoms with van der Waals surface area (Å²) >= 11 is 0. The summed E-state index contributed by atoms with van der Waals surface area (Å²) in [5, 5.41) is 23.2. The average molecular weight is 792 g/mol. The van der Waals surface area contributed by atoms with E-state index >= 15 is 0 Å². The van der Waals surface area contributed by atoms with Crippen LogP contribution in [0.1, 0.15) is 111 Å². The first-order valence-corrected chi connectivity index (χ1v) is 22.0. The number of amides is 1. The van der Waals surface area contributed by atoms with Crippen LogP contribution in [-0.2, 0) is 23.9 Å². The van der Waals surface area contributed by atoms with E-state index in [0.717, 1.165) is 77.0 Å². The molecule has 0 bridgehead atoms. The summed E-state index contributed by atoms with van der Waals surface area (Å²) in [6, 6.07) is 0. The molecule has 0 aromatic heterocycles. The van der Waals surface area contributed by atoms with Crippen molar-refractivity contribution in [3.05, 3.63) is 79.5 Å². The second kappa shape index (κ2) is 18.8. The number of ether oxygens (including phenoxy) is 3. The number of allylic oxidation sites excluding steroid dienone is 5. The van der Waals surface area contributed by atoms with Gasteiger partial charge >= 0.3 is 0 Å². The third-order valence-corrected chi connectivity index (χ3v) is 15.7. The van der Waals surface area contributed by atoms with Crippen molar-refractivity contribution in [1.82, 2.24) is 4.90 Å². The molecule has 0 aromatic rings. The van der Waals surface area contributed by atoms with Crippen molar-refractivity contribution in [1.29, 1.82) is 0 Å². The van der Waals surface area contributed by atoms with E-state index in [2.05, 4.69) is 45.4 Å². The lowest BCUT2D eigenvalue weighted by atomic mass is 9.54. The van der Waals surface area contributed by atoms with Gasteiger partial charge < -0.3 is 24.2 Å². The minimum Gasteiger partial charge on any atom is -0.393 e. The summed E-state index contributed by atoms with van der Waals surface area (Å²) in [6.45, 7) is 20.0. The topological polar surface area (TPSA) is 101 Å². The van der Waals surface area contributed by atoms with Gasteiger partial charge in [-0.25, -0.2) is 9.28 Å². The maximum absolute atomic E-state index is 14.8. The molecule has 14 unspecified atom stereocenters. The van der Waals surface area contributed by atoms with Crippen molar-refractivity contribution in [2.24, 2.45) is 46.8 Å². The summed E-state index contributed by atoms with van der Waals surface area (Å²) in [5.74, 6) is -0.823. The molecule has 316 valence electrons. The van der Waals surface area contributed by atoms with Gasteiger partial charge in [0.05, 0.1) is 43.3 Å². The molecule has 2 saturated carbocycles. The Hall–Kier alpha value is -2.62. The van der Waals surface area contributed by atoms with Crippen LogP contribution in [-0.4, -0.2) is 77.1 Å². The number of carbonyl (C=O) groups is 1. The van der Waals surface area contributed by atoms with Crippen LogP contribution in [0, 0.1) is 46.8 Å². The average Bonchev–Trinajstić information content (AvgIpc) is 4.05. The number of likely N-dealkylation sites (N-methyl/N-ethyl adjacent to an activating group) is 1. The molecule has 14 atom stereocenters. The van der Waals surface area contributed by atoms with Gasteiger partial charge in [-0.05, 0) is 125 Å². The van der Waals surface area contributed by atoms with Gasteiger partial charge in [-0.2, -0.15) is 0 Å². The summed E-state index contributed by atoms with van der Waals surface area (Å²) in [7, 11) is 1.69. The Balaban J connectivity index is 1.29. The fraction of sp³-hybridized carbons (Fsp3) is 0.708. The molecule has 9 heteroatoms. The monoisotopic (exact) mass is 792 g/mol. The smallest absolute Gasteiger partial charge is 0.230 e. The van der Waals surface area contributed by atoms with Gasteiger partial charge in [0.25, 0.3) is 0 Å². The normalized spacial score (nSPS) is 39.4. The molecule has 5 fully saturated rings. The van der Waals surface area contributed by atoms with E-state index in [4.69, 9.17) is 19.1 Å². The van der Waals surface area contributed by atoms with Gasteiger partial charge in [-0.1, -0.05) is 51.8 Å². The SMILES string of the molecule is C=CCC1CCC(C(C)C(O)CC(CC2OC2(C=C)C2(C=C)CCCC3CCC(CC)OCC32)C(=O)N(C)C2=CC=C(F)C=C=C2)C2(OO)COC(CC)CCC12. The number of halogens is 1. The summed E-state index contributed by atoms with van der Waals surface area (Å²) in [5.41, 5.74) is 1.21. The van der Waals surface area contributed by atoms with E-state index in [1.807, 2.05) is 19.1 Å². The van der Waals surface area contributed by atoms with E-state index in [1.54, 1.807) is 24.1 Å². The molecular weight excluding hydrogens is 722 g/mol. The second-order valence-corrected chi connectivity index (χ2v) is 18.2. The Morgan fingerprint density at radius 1 is 1.04 bits per heavy atom. The summed E-state index contributed by atoms with van der Waals surface area (Å²) < 4.78 is 34.0. The van der Waals surface area contributed by atoms with Crippen molar-refractivity contribution in [2.45, 2.75) is 146 Å². The molecule has 0 radical (unpaired) electrons. The zero-order valence-corrected chi connectivity index (χ0v) is 35.1. The third kappa shape index (κ3) is 8.42. The Labute approximate surface area is 341 Å². The number of hydrogen-bond donors (Lipinski definition) is 2. The van der Waals surface area contributed by atoms with Crippen molar-refractivity contribution in [3.8, 4) is 0 Å². The van der Waals surface area contributed by atoms with Crippen molar-refractivity contribution in [3.63, 3.8) is 0 Å². The molecule has 8 nitrogen and oxygen atoms in total. The molecule has 3 aliphatic carbocycles. The number of aliphatic hydroxyl groups is 1. The van der Waals surface area contributed by atoms with Crippen LogP contribution < -0.4 is 0 Å². The highest BCUT2D eigenvalue weighted by molar-refractivity contribution is 5.81. The molecule has 57 heavy (non-hydrogen) atoms. The van der Waals surface area contributed by atoms with Gasteiger partial charge in [-0.15, -0.1) is 25.5 Å². The predicted octanol–water partition coefficient (Wildman–Crippen LogP) is 9.84. The first-order valence-electron chi connectivity index (χ1n) is 22.0. The van der Waals surface area contributed by atoms with Gasteiger partial charge in [0, 0.05) is 30.5 Å². The largest absolute Gasteiger partial charge is 0.393 e. The van der Waals surface area contributed by atoms with Crippen molar-refractivity contribution in [2.75, 3.05) is 20.3 Å². The molecule has 0 aromatic carbocycles. The third-order valence-electron chi connectivity index (χ3n) is 15.7. The van der Waals surface area contributed by atoms with E-state index in [-0.39, 0.29) is 66.8 Å². The number of epoxide rings is 1. The number of hydrogen-bond acceptors (Lipinski definition) is 7. The molecule has 3 aliphatic heterocycles.